The van der Waals surface area contributed by atoms with Crippen LogP contribution in [0.1, 0.15) is 60.6 Å². The van der Waals surface area contributed by atoms with Crippen LogP contribution >= 0.6 is 0 Å². The second-order valence-corrected chi connectivity index (χ2v) is 12.0. The van der Waals surface area contributed by atoms with Gasteiger partial charge in [-0.2, -0.15) is 0 Å². The molecule has 5 rings (SSSR count). The van der Waals surface area contributed by atoms with Gasteiger partial charge in [-0.1, -0.05) is 6.08 Å². The molecule has 37 heavy (non-hydrogen) atoms. The van der Waals surface area contributed by atoms with Gasteiger partial charge in [-0.25, -0.2) is 14.8 Å². The van der Waals surface area contributed by atoms with Gasteiger partial charge in [0.05, 0.1) is 24.0 Å². The summed E-state index contributed by atoms with van der Waals surface area (Å²) in [6.45, 7) is 14.3. The minimum Gasteiger partial charge on any atom is -0.496 e. The van der Waals surface area contributed by atoms with E-state index in [0.717, 1.165) is 28.6 Å². The molecule has 0 bridgehead atoms. The predicted octanol–water partition coefficient (Wildman–Crippen LogP) is 6.08. The number of ether oxygens (including phenoxy) is 2. The van der Waals surface area contributed by atoms with Crippen LogP contribution in [0.2, 0.25) is 0 Å². The van der Waals surface area contributed by atoms with Crippen molar-refractivity contribution in [2.45, 2.75) is 71.6 Å². The first-order chi connectivity index (χ1) is 17.2. The smallest absolute Gasteiger partial charge is 0.418 e. The Bertz CT molecular complexity index is 1550. The molecule has 0 saturated heterocycles. The molecule has 8 nitrogen and oxygen atoms in total. The third-order valence-electron chi connectivity index (χ3n) is 6.36. The maximum atomic E-state index is 12.8. The Hall–Kier alpha value is -3.65. The van der Waals surface area contributed by atoms with Crippen molar-refractivity contribution in [2.75, 3.05) is 7.11 Å². The highest BCUT2D eigenvalue weighted by Crippen LogP contribution is 2.36. The van der Waals surface area contributed by atoms with Crippen molar-refractivity contribution in [3.63, 3.8) is 0 Å². The van der Waals surface area contributed by atoms with Gasteiger partial charge in [0.25, 0.3) is 0 Å². The van der Waals surface area contributed by atoms with Crippen molar-refractivity contribution in [1.82, 2.24) is 24.3 Å². The maximum absolute atomic E-state index is 12.8. The van der Waals surface area contributed by atoms with Crippen LogP contribution in [0.15, 0.2) is 48.9 Å². The zero-order chi connectivity index (χ0) is 26.8. The van der Waals surface area contributed by atoms with Gasteiger partial charge >= 0.3 is 6.09 Å². The molecular formula is C29H35N5O3. The summed E-state index contributed by atoms with van der Waals surface area (Å²) in [7, 11) is 1.63. The monoisotopic (exact) mass is 501 g/mol. The molecule has 8 heteroatoms. The molecule has 0 radical (unpaired) electrons. The van der Waals surface area contributed by atoms with Crippen molar-refractivity contribution >= 4 is 28.3 Å². The normalized spacial score (nSPS) is 17.1. The van der Waals surface area contributed by atoms with Gasteiger partial charge in [-0.05, 0) is 84.7 Å². The molecule has 0 aliphatic carbocycles. The number of carbonyl (C=O) groups is 1. The van der Waals surface area contributed by atoms with Crippen LogP contribution in [0.25, 0.3) is 33.5 Å². The van der Waals surface area contributed by atoms with Gasteiger partial charge in [0.2, 0.25) is 5.78 Å². The van der Waals surface area contributed by atoms with E-state index in [1.54, 1.807) is 13.3 Å². The van der Waals surface area contributed by atoms with Crippen molar-refractivity contribution in [1.29, 1.82) is 0 Å². The molecule has 4 aromatic rings. The third kappa shape index (κ3) is 4.98. The summed E-state index contributed by atoms with van der Waals surface area (Å²) < 4.78 is 14.7. The number of rotatable bonds is 3. The van der Waals surface area contributed by atoms with E-state index >= 15 is 0 Å². The molecule has 0 spiro atoms. The highest BCUT2D eigenvalue weighted by Gasteiger charge is 2.33. The van der Waals surface area contributed by atoms with E-state index in [9.17, 15) is 4.79 Å². The number of hydrogen-bond donors (Lipinski definition) is 1. The van der Waals surface area contributed by atoms with Crippen molar-refractivity contribution in [3.05, 3.63) is 54.6 Å². The minimum atomic E-state index is -0.595. The number of hydrogen-bond acceptors (Lipinski definition) is 6. The second-order valence-electron chi connectivity index (χ2n) is 12.0. The molecule has 0 unspecified atom stereocenters. The first-order valence-corrected chi connectivity index (χ1v) is 12.5. The van der Waals surface area contributed by atoms with E-state index in [1.165, 1.54) is 10.1 Å². The summed E-state index contributed by atoms with van der Waals surface area (Å²) >= 11 is 0. The average molecular weight is 502 g/mol. The lowest BCUT2D eigenvalue weighted by molar-refractivity contribution is 0.0544. The number of carbonyl (C=O) groups excluding carboxylic acids is 1. The molecule has 4 heterocycles. The Morgan fingerprint density at radius 2 is 1.78 bits per heavy atom. The molecule has 194 valence electrons. The van der Waals surface area contributed by atoms with Gasteiger partial charge in [0.1, 0.15) is 11.4 Å². The summed E-state index contributed by atoms with van der Waals surface area (Å²) in [6.07, 6.45) is 8.34. The number of imidazole rings is 1. The van der Waals surface area contributed by atoms with Crippen LogP contribution < -0.4 is 10.1 Å². The lowest BCUT2D eigenvalue weighted by atomic mass is 9.82. The molecular weight excluding hydrogens is 466 g/mol. The van der Waals surface area contributed by atoms with Crippen molar-refractivity contribution < 1.29 is 14.3 Å². The number of benzene rings is 1. The second kappa shape index (κ2) is 8.45. The highest BCUT2D eigenvalue weighted by atomic mass is 16.6. The third-order valence-corrected chi connectivity index (χ3v) is 6.36. The van der Waals surface area contributed by atoms with Crippen LogP contribution in [0.4, 0.5) is 4.79 Å². The highest BCUT2D eigenvalue weighted by molar-refractivity contribution is 5.94. The molecule has 0 fully saturated rings. The van der Waals surface area contributed by atoms with E-state index in [2.05, 4.69) is 39.1 Å². The Balaban J connectivity index is 1.57. The van der Waals surface area contributed by atoms with Crippen LogP contribution in [0.3, 0.4) is 0 Å². The van der Waals surface area contributed by atoms with E-state index in [4.69, 9.17) is 19.4 Å². The molecule has 1 aliphatic rings. The number of nitrogens with one attached hydrogen (secondary N) is 1. The maximum Gasteiger partial charge on any atom is 0.418 e. The SMILES string of the molecule is COc1cc2ccn(C(=O)OC(C)(C)C)c2cc1-c1cn2ccc(C3=CC(C)(C)NC(C)(C)C3)nc2n1. The lowest BCUT2D eigenvalue weighted by Crippen LogP contribution is -2.53. The van der Waals surface area contributed by atoms with E-state index in [0.29, 0.717) is 17.2 Å². The van der Waals surface area contributed by atoms with Crippen molar-refractivity contribution in [2.24, 2.45) is 0 Å². The van der Waals surface area contributed by atoms with Crippen LogP contribution in [-0.2, 0) is 4.74 Å². The fourth-order valence-electron chi connectivity index (χ4n) is 5.26. The quantitative estimate of drug-likeness (QED) is 0.367. The van der Waals surface area contributed by atoms with Crippen LogP contribution in [0, 0.1) is 0 Å². The van der Waals surface area contributed by atoms with Gasteiger partial charge in [-0.3, -0.25) is 8.97 Å². The van der Waals surface area contributed by atoms with Gasteiger partial charge < -0.3 is 14.8 Å². The molecule has 1 aromatic carbocycles. The number of nitrogens with zero attached hydrogens (tertiary/aromatic N) is 4. The fourth-order valence-corrected chi connectivity index (χ4v) is 5.26. The Morgan fingerprint density at radius 1 is 1.05 bits per heavy atom. The summed E-state index contributed by atoms with van der Waals surface area (Å²) in [6, 6.07) is 7.74. The Labute approximate surface area is 217 Å². The minimum absolute atomic E-state index is 0.0339. The first kappa shape index (κ1) is 25.0. The van der Waals surface area contributed by atoms with E-state index in [-0.39, 0.29) is 11.1 Å². The fraction of sp³-hybridized carbons (Fsp3) is 0.414. The number of aromatic nitrogens is 4. The van der Waals surface area contributed by atoms with E-state index < -0.39 is 11.7 Å². The predicted molar refractivity (Wildman–Crippen MR) is 146 cm³/mol. The molecule has 3 aromatic heterocycles. The Morgan fingerprint density at radius 3 is 2.46 bits per heavy atom. The summed E-state index contributed by atoms with van der Waals surface area (Å²) in [5, 5.41) is 4.54. The van der Waals surface area contributed by atoms with Crippen molar-refractivity contribution in [3.8, 4) is 17.0 Å². The lowest BCUT2D eigenvalue weighted by Gasteiger charge is -2.41. The van der Waals surface area contributed by atoms with Crippen LogP contribution in [-0.4, -0.2) is 48.8 Å². The molecule has 0 amide bonds. The molecule has 0 atom stereocenters. The van der Waals surface area contributed by atoms with Gasteiger partial charge in [0.15, 0.2) is 0 Å². The standard InChI is InChI=1S/C29H35N5O3/c1-27(2,3)37-26(35)34-12-9-18-13-24(36-8)20(14-23(18)34)22-17-33-11-10-21(30-25(33)31-22)19-15-28(4,5)32-29(6,7)16-19/h9-15,17,32H,16H2,1-8H3. The summed E-state index contributed by atoms with van der Waals surface area (Å²) in [4.78, 5) is 22.6. The number of fused-ring (bicyclic) bond motifs is 2. The summed E-state index contributed by atoms with van der Waals surface area (Å²) in [5.74, 6) is 1.27. The molecule has 1 N–H and O–H groups in total. The van der Waals surface area contributed by atoms with Crippen LogP contribution in [0.5, 0.6) is 5.75 Å². The Kier molecular flexibility index (Phi) is 5.71. The first-order valence-electron chi connectivity index (χ1n) is 12.5. The topological polar surface area (TPSA) is 82.7 Å². The molecule has 0 saturated carbocycles. The average Bonchev–Trinajstić information content (AvgIpc) is 3.38. The molecule has 1 aliphatic heterocycles. The largest absolute Gasteiger partial charge is 0.496 e. The van der Waals surface area contributed by atoms with E-state index in [1.807, 2.05) is 61.8 Å². The van der Waals surface area contributed by atoms with Gasteiger partial charge in [0, 0.05) is 40.6 Å². The zero-order valence-corrected chi connectivity index (χ0v) is 22.8. The zero-order valence-electron chi connectivity index (χ0n) is 22.8. The number of methoxy groups -OCH3 is 1. The summed E-state index contributed by atoms with van der Waals surface area (Å²) in [5.41, 5.74) is 3.57. The van der Waals surface area contributed by atoms with Gasteiger partial charge in [-0.15, -0.1) is 0 Å².